The molecular weight excluding hydrogens is 267 g/mol. The molecule has 1 aromatic rings. The van der Waals surface area contributed by atoms with Crippen LogP contribution < -0.4 is 10.6 Å². The van der Waals surface area contributed by atoms with Crippen molar-refractivity contribution < 1.29 is 13.2 Å². The Hall–Kier alpha value is -1.74. The Kier molecular flexibility index (Phi) is 5.01. The average molecular weight is 285 g/mol. The van der Waals surface area contributed by atoms with E-state index in [1.54, 1.807) is 6.07 Å². The van der Waals surface area contributed by atoms with Gasteiger partial charge in [-0.1, -0.05) is 0 Å². The monoisotopic (exact) mass is 285 g/mol. The Labute approximate surface area is 116 Å². The van der Waals surface area contributed by atoms with Crippen molar-refractivity contribution in [3.05, 3.63) is 29.3 Å². The van der Waals surface area contributed by atoms with Gasteiger partial charge in [0.15, 0.2) is 0 Å². The molecule has 1 aromatic carbocycles. The van der Waals surface area contributed by atoms with Gasteiger partial charge in [-0.05, 0) is 39.0 Å². The van der Waals surface area contributed by atoms with Gasteiger partial charge in [0.05, 0.1) is 17.2 Å². The lowest BCUT2D eigenvalue weighted by atomic mass is 10.1. The van der Waals surface area contributed by atoms with Crippen molar-refractivity contribution in [3.63, 3.8) is 0 Å². The van der Waals surface area contributed by atoms with Crippen LogP contribution >= 0.6 is 0 Å². The molecule has 0 fully saturated rings. The quantitative estimate of drug-likeness (QED) is 0.834. The standard InChI is InChI=1S/C14H18F3N3/c1-13(2,3)20-7-6-19-11-5-4-10(9-18)12(8-11)14(15,16)17/h4-5,8,19-20H,6-7H2,1-3H3. The van der Waals surface area contributed by atoms with Crippen LogP contribution in [-0.2, 0) is 6.18 Å². The molecule has 0 saturated carbocycles. The predicted octanol–water partition coefficient (Wildman–Crippen LogP) is 3.38. The summed E-state index contributed by atoms with van der Waals surface area (Å²) in [6.07, 6.45) is -4.52. The first-order chi connectivity index (χ1) is 9.13. The number of hydrogen-bond donors (Lipinski definition) is 2. The second-order valence-corrected chi connectivity index (χ2v) is 5.47. The zero-order valence-corrected chi connectivity index (χ0v) is 11.7. The zero-order valence-electron chi connectivity index (χ0n) is 11.7. The normalized spacial score (nSPS) is 12.1. The molecule has 0 heterocycles. The molecular formula is C14H18F3N3. The summed E-state index contributed by atoms with van der Waals surface area (Å²) < 4.78 is 38.3. The van der Waals surface area contributed by atoms with Crippen molar-refractivity contribution in [1.29, 1.82) is 5.26 Å². The Bertz CT molecular complexity index is 496. The summed E-state index contributed by atoms with van der Waals surface area (Å²) in [4.78, 5) is 0. The highest BCUT2D eigenvalue weighted by atomic mass is 19.4. The van der Waals surface area contributed by atoms with E-state index in [0.717, 1.165) is 6.07 Å². The molecule has 3 nitrogen and oxygen atoms in total. The van der Waals surface area contributed by atoms with Crippen LogP contribution in [0.1, 0.15) is 31.9 Å². The highest BCUT2D eigenvalue weighted by molar-refractivity contribution is 5.53. The fraction of sp³-hybridized carbons (Fsp3) is 0.500. The Morgan fingerprint density at radius 2 is 1.80 bits per heavy atom. The third kappa shape index (κ3) is 5.10. The van der Waals surface area contributed by atoms with E-state index in [-0.39, 0.29) is 11.1 Å². The zero-order chi connectivity index (χ0) is 15.4. The predicted molar refractivity (Wildman–Crippen MR) is 72.4 cm³/mol. The molecule has 2 N–H and O–H groups in total. The van der Waals surface area contributed by atoms with Crippen LogP contribution in [0.4, 0.5) is 18.9 Å². The Balaban J connectivity index is 2.72. The lowest BCUT2D eigenvalue weighted by Crippen LogP contribution is -2.38. The number of nitrogens with one attached hydrogen (secondary N) is 2. The maximum absolute atomic E-state index is 12.8. The molecule has 0 unspecified atom stereocenters. The first-order valence-electron chi connectivity index (χ1n) is 6.24. The molecule has 1 rings (SSSR count). The van der Waals surface area contributed by atoms with Gasteiger partial charge in [-0.2, -0.15) is 18.4 Å². The summed E-state index contributed by atoms with van der Waals surface area (Å²) in [5.74, 6) is 0. The second-order valence-electron chi connectivity index (χ2n) is 5.47. The van der Waals surface area contributed by atoms with E-state index in [2.05, 4.69) is 10.6 Å². The minimum Gasteiger partial charge on any atom is -0.384 e. The molecule has 0 spiro atoms. The minimum atomic E-state index is -4.52. The minimum absolute atomic E-state index is 0.0382. The van der Waals surface area contributed by atoms with Gasteiger partial charge in [-0.25, -0.2) is 0 Å². The number of rotatable bonds is 4. The molecule has 0 radical (unpaired) electrons. The van der Waals surface area contributed by atoms with Crippen molar-refractivity contribution in [2.75, 3.05) is 18.4 Å². The van der Waals surface area contributed by atoms with E-state index in [9.17, 15) is 13.2 Å². The lowest BCUT2D eigenvalue weighted by molar-refractivity contribution is -0.137. The first kappa shape index (κ1) is 16.3. The molecule has 0 saturated heterocycles. The molecule has 20 heavy (non-hydrogen) atoms. The van der Waals surface area contributed by atoms with Crippen LogP contribution in [0.25, 0.3) is 0 Å². The van der Waals surface area contributed by atoms with Gasteiger partial charge in [-0.3, -0.25) is 0 Å². The van der Waals surface area contributed by atoms with Gasteiger partial charge in [0.1, 0.15) is 0 Å². The van der Waals surface area contributed by atoms with Crippen LogP contribution in [-0.4, -0.2) is 18.6 Å². The van der Waals surface area contributed by atoms with E-state index in [4.69, 9.17) is 5.26 Å². The summed E-state index contributed by atoms with van der Waals surface area (Å²) in [5, 5.41) is 14.8. The highest BCUT2D eigenvalue weighted by Crippen LogP contribution is 2.33. The van der Waals surface area contributed by atoms with Gasteiger partial charge in [0, 0.05) is 24.3 Å². The molecule has 0 aliphatic rings. The number of halogens is 3. The van der Waals surface area contributed by atoms with Crippen LogP contribution in [0.5, 0.6) is 0 Å². The van der Waals surface area contributed by atoms with E-state index in [1.807, 2.05) is 20.8 Å². The van der Waals surface area contributed by atoms with Crippen molar-refractivity contribution in [1.82, 2.24) is 5.32 Å². The smallest absolute Gasteiger partial charge is 0.384 e. The number of alkyl halides is 3. The Morgan fingerprint density at radius 1 is 1.15 bits per heavy atom. The summed E-state index contributed by atoms with van der Waals surface area (Å²) in [5.41, 5.74) is -0.958. The summed E-state index contributed by atoms with van der Waals surface area (Å²) >= 11 is 0. The summed E-state index contributed by atoms with van der Waals surface area (Å²) in [6, 6.07) is 5.18. The van der Waals surface area contributed by atoms with E-state index in [0.29, 0.717) is 18.8 Å². The number of anilines is 1. The third-order valence-corrected chi connectivity index (χ3v) is 2.55. The van der Waals surface area contributed by atoms with Gasteiger partial charge >= 0.3 is 6.18 Å². The van der Waals surface area contributed by atoms with E-state index >= 15 is 0 Å². The van der Waals surface area contributed by atoms with Crippen molar-refractivity contribution in [2.24, 2.45) is 0 Å². The summed E-state index contributed by atoms with van der Waals surface area (Å²) in [7, 11) is 0. The molecule has 0 aliphatic heterocycles. The third-order valence-electron chi connectivity index (χ3n) is 2.55. The molecule has 0 atom stereocenters. The topological polar surface area (TPSA) is 47.8 Å². The van der Waals surface area contributed by atoms with Gasteiger partial charge < -0.3 is 10.6 Å². The maximum atomic E-state index is 12.8. The first-order valence-corrected chi connectivity index (χ1v) is 6.24. The Morgan fingerprint density at radius 3 is 2.30 bits per heavy atom. The fourth-order valence-corrected chi connectivity index (χ4v) is 1.63. The van der Waals surface area contributed by atoms with Crippen LogP contribution in [0.3, 0.4) is 0 Å². The van der Waals surface area contributed by atoms with Crippen LogP contribution in [0.2, 0.25) is 0 Å². The largest absolute Gasteiger partial charge is 0.417 e. The molecule has 6 heteroatoms. The van der Waals surface area contributed by atoms with Gasteiger partial charge in [-0.15, -0.1) is 0 Å². The number of benzene rings is 1. The highest BCUT2D eigenvalue weighted by Gasteiger charge is 2.33. The second kappa shape index (κ2) is 6.14. The van der Waals surface area contributed by atoms with Gasteiger partial charge in [0.2, 0.25) is 0 Å². The lowest BCUT2D eigenvalue weighted by Gasteiger charge is -2.21. The fourth-order valence-electron chi connectivity index (χ4n) is 1.63. The molecule has 0 aromatic heterocycles. The maximum Gasteiger partial charge on any atom is 0.417 e. The van der Waals surface area contributed by atoms with E-state index in [1.165, 1.54) is 12.1 Å². The molecule has 110 valence electrons. The number of hydrogen-bond acceptors (Lipinski definition) is 3. The van der Waals surface area contributed by atoms with Gasteiger partial charge in [0.25, 0.3) is 0 Å². The van der Waals surface area contributed by atoms with Crippen molar-refractivity contribution >= 4 is 5.69 Å². The number of nitriles is 1. The van der Waals surface area contributed by atoms with Crippen molar-refractivity contribution in [2.45, 2.75) is 32.5 Å². The summed E-state index contributed by atoms with van der Waals surface area (Å²) in [6.45, 7) is 7.16. The molecule has 0 aliphatic carbocycles. The van der Waals surface area contributed by atoms with Crippen molar-refractivity contribution in [3.8, 4) is 6.07 Å². The molecule has 0 bridgehead atoms. The number of nitrogens with zero attached hydrogens (tertiary/aromatic N) is 1. The SMILES string of the molecule is CC(C)(C)NCCNc1ccc(C#N)c(C(F)(F)F)c1. The average Bonchev–Trinajstić information content (AvgIpc) is 2.32. The van der Waals surface area contributed by atoms with Crippen LogP contribution in [0.15, 0.2) is 18.2 Å². The molecule has 0 amide bonds. The van der Waals surface area contributed by atoms with E-state index < -0.39 is 11.7 Å². The van der Waals surface area contributed by atoms with Crippen LogP contribution in [0, 0.1) is 11.3 Å².